The third-order valence-electron chi connectivity index (χ3n) is 4.34. The van der Waals surface area contributed by atoms with Crippen LogP contribution in [0.4, 0.5) is 0 Å². The summed E-state index contributed by atoms with van der Waals surface area (Å²) in [6.45, 7) is 5.66. The molecular weight excluding hydrogens is 352 g/mol. The van der Waals surface area contributed by atoms with Crippen LogP contribution < -0.4 is 15.4 Å². The van der Waals surface area contributed by atoms with Crippen LogP contribution in [0.15, 0.2) is 36.5 Å². The summed E-state index contributed by atoms with van der Waals surface area (Å²) in [4.78, 5) is 12.8. The zero-order chi connectivity index (χ0) is 17.6. The number of para-hydroxylation sites is 1. The molecule has 2 heterocycles. The molecule has 3 rings (SSSR count). The van der Waals surface area contributed by atoms with Crippen molar-refractivity contribution in [2.24, 2.45) is 0 Å². The van der Waals surface area contributed by atoms with Crippen LogP contribution in [0.25, 0.3) is 5.69 Å². The SMILES string of the molecule is CCCOc1cn(-c2ccccc2)nc1C(=O)NC1CCNC(C)C1.Cl. The number of nitrogens with zero attached hydrogens (tertiary/aromatic N) is 2. The molecule has 1 aromatic heterocycles. The molecule has 7 heteroatoms. The molecule has 0 aliphatic carbocycles. The zero-order valence-electron chi connectivity index (χ0n) is 15.3. The van der Waals surface area contributed by atoms with Gasteiger partial charge in [-0.3, -0.25) is 4.79 Å². The van der Waals surface area contributed by atoms with E-state index in [2.05, 4.69) is 22.7 Å². The highest BCUT2D eigenvalue weighted by atomic mass is 35.5. The topological polar surface area (TPSA) is 68.2 Å². The number of hydrogen-bond donors (Lipinski definition) is 2. The first-order chi connectivity index (χ1) is 12.2. The van der Waals surface area contributed by atoms with Crippen LogP contribution in [-0.2, 0) is 0 Å². The monoisotopic (exact) mass is 378 g/mol. The average Bonchev–Trinajstić information content (AvgIpc) is 3.05. The van der Waals surface area contributed by atoms with Gasteiger partial charge in [0.2, 0.25) is 0 Å². The first kappa shape index (κ1) is 20.3. The van der Waals surface area contributed by atoms with Gasteiger partial charge in [-0.2, -0.15) is 5.10 Å². The Bertz CT molecular complexity index is 705. The number of hydrogen-bond acceptors (Lipinski definition) is 4. The number of halogens is 1. The van der Waals surface area contributed by atoms with Crippen LogP contribution in [0.5, 0.6) is 5.75 Å². The highest BCUT2D eigenvalue weighted by Crippen LogP contribution is 2.21. The van der Waals surface area contributed by atoms with Gasteiger partial charge in [-0.25, -0.2) is 4.68 Å². The Morgan fingerprint density at radius 2 is 2.15 bits per heavy atom. The molecule has 0 bridgehead atoms. The quantitative estimate of drug-likeness (QED) is 0.810. The average molecular weight is 379 g/mol. The lowest BCUT2D eigenvalue weighted by molar-refractivity contribution is 0.0916. The van der Waals surface area contributed by atoms with E-state index in [1.807, 2.05) is 37.3 Å². The van der Waals surface area contributed by atoms with Gasteiger partial charge in [0.15, 0.2) is 11.4 Å². The van der Waals surface area contributed by atoms with Crippen molar-refractivity contribution in [2.75, 3.05) is 13.2 Å². The Kier molecular flexibility index (Phi) is 7.48. The summed E-state index contributed by atoms with van der Waals surface area (Å²) in [6, 6.07) is 10.3. The van der Waals surface area contributed by atoms with E-state index in [0.29, 0.717) is 24.1 Å². The first-order valence-corrected chi connectivity index (χ1v) is 8.99. The number of carbonyl (C=O) groups excluding carboxylic acids is 1. The molecule has 1 fully saturated rings. The fraction of sp³-hybridized carbons (Fsp3) is 0.474. The van der Waals surface area contributed by atoms with E-state index in [1.54, 1.807) is 10.9 Å². The number of ether oxygens (including phenoxy) is 1. The third kappa shape index (κ3) is 4.99. The normalized spacial score (nSPS) is 19.5. The number of benzene rings is 1. The summed E-state index contributed by atoms with van der Waals surface area (Å²) in [7, 11) is 0. The van der Waals surface area contributed by atoms with E-state index in [4.69, 9.17) is 4.74 Å². The molecule has 1 saturated heterocycles. The molecule has 6 nitrogen and oxygen atoms in total. The molecule has 1 aliphatic rings. The van der Waals surface area contributed by atoms with Gasteiger partial charge in [-0.15, -0.1) is 12.4 Å². The molecule has 0 saturated carbocycles. The van der Waals surface area contributed by atoms with Gasteiger partial charge in [-0.05, 0) is 44.9 Å². The Hall–Kier alpha value is -2.05. The van der Waals surface area contributed by atoms with Crippen LogP contribution in [0.3, 0.4) is 0 Å². The van der Waals surface area contributed by atoms with Gasteiger partial charge in [0.25, 0.3) is 5.91 Å². The molecule has 0 radical (unpaired) electrons. The van der Waals surface area contributed by atoms with Crippen molar-refractivity contribution in [1.82, 2.24) is 20.4 Å². The Morgan fingerprint density at radius 1 is 1.38 bits per heavy atom. The van der Waals surface area contributed by atoms with Gasteiger partial charge < -0.3 is 15.4 Å². The summed E-state index contributed by atoms with van der Waals surface area (Å²) in [5, 5.41) is 11.0. The number of carbonyl (C=O) groups is 1. The van der Waals surface area contributed by atoms with Crippen LogP contribution in [0.2, 0.25) is 0 Å². The highest BCUT2D eigenvalue weighted by molar-refractivity contribution is 5.95. The fourth-order valence-corrected chi connectivity index (χ4v) is 3.06. The van der Waals surface area contributed by atoms with E-state index in [1.165, 1.54) is 0 Å². The number of amides is 1. The van der Waals surface area contributed by atoms with E-state index in [0.717, 1.165) is 31.5 Å². The summed E-state index contributed by atoms with van der Waals surface area (Å²) >= 11 is 0. The van der Waals surface area contributed by atoms with Crippen molar-refractivity contribution in [3.8, 4) is 11.4 Å². The van der Waals surface area contributed by atoms with Gasteiger partial charge in [0.1, 0.15) is 0 Å². The van der Waals surface area contributed by atoms with Gasteiger partial charge in [-0.1, -0.05) is 25.1 Å². The highest BCUT2D eigenvalue weighted by Gasteiger charge is 2.24. The predicted octanol–water partition coefficient (Wildman–Crippen LogP) is 2.95. The van der Waals surface area contributed by atoms with Crippen molar-refractivity contribution >= 4 is 18.3 Å². The second-order valence-corrected chi connectivity index (χ2v) is 6.52. The van der Waals surface area contributed by atoms with E-state index >= 15 is 0 Å². The number of aromatic nitrogens is 2. The first-order valence-electron chi connectivity index (χ1n) is 8.99. The lowest BCUT2D eigenvalue weighted by Gasteiger charge is -2.28. The second-order valence-electron chi connectivity index (χ2n) is 6.52. The van der Waals surface area contributed by atoms with E-state index in [9.17, 15) is 4.79 Å². The molecule has 2 N–H and O–H groups in total. The summed E-state index contributed by atoms with van der Waals surface area (Å²) < 4.78 is 7.46. The maximum absolute atomic E-state index is 12.8. The molecule has 0 spiro atoms. The van der Waals surface area contributed by atoms with Crippen molar-refractivity contribution in [3.05, 3.63) is 42.2 Å². The molecule has 26 heavy (non-hydrogen) atoms. The van der Waals surface area contributed by atoms with Crippen molar-refractivity contribution in [3.63, 3.8) is 0 Å². The van der Waals surface area contributed by atoms with Crippen LogP contribution in [0.1, 0.15) is 43.6 Å². The summed E-state index contributed by atoms with van der Waals surface area (Å²) in [5.74, 6) is 0.366. The lowest BCUT2D eigenvalue weighted by Crippen LogP contribution is -2.46. The van der Waals surface area contributed by atoms with Crippen molar-refractivity contribution < 1.29 is 9.53 Å². The maximum Gasteiger partial charge on any atom is 0.275 e. The molecule has 142 valence electrons. The van der Waals surface area contributed by atoms with Gasteiger partial charge in [0.05, 0.1) is 18.5 Å². The van der Waals surface area contributed by atoms with Crippen LogP contribution >= 0.6 is 12.4 Å². The molecule has 2 aromatic rings. The standard InChI is InChI=1S/C19H26N4O2.ClH/c1-3-11-25-17-13-23(16-7-5-4-6-8-16)22-18(17)19(24)21-15-9-10-20-14(2)12-15;/h4-8,13-15,20H,3,9-12H2,1-2H3,(H,21,24);1H. The third-order valence-corrected chi connectivity index (χ3v) is 4.34. The Labute approximate surface area is 160 Å². The number of nitrogens with one attached hydrogen (secondary N) is 2. The second kappa shape index (κ2) is 9.59. The van der Waals surface area contributed by atoms with Gasteiger partial charge in [0, 0.05) is 12.1 Å². The molecule has 1 aromatic carbocycles. The summed E-state index contributed by atoms with van der Waals surface area (Å²) in [6.07, 6.45) is 4.52. The number of rotatable bonds is 6. The maximum atomic E-state index is 12.8. The minimum absolute atomic E-state index is 0. The summed E-state index contributed by atoms with van der Waals surface area (Å²) in [5.41, 5.74) is 1.25. The molecule has 1 amide bonds. The predicted molar refractivity (Wildman–Crippen MR) is 105 cm³/mol. The Balaban J connectivity index is 0.00000243. The zero-order valence-corrected chi connectivity index (χ0v) is 16.1. The largest absolute Gasteiger partial charge is 0.489 e. The minimum Gasteiger partial charge on any atom is -0.489 e. The van der Waals surface area contributed by atoms with Crippen LogP contribution in [-0.4, -0.2) is 40.9 Å². The molecular formula is C19H27ClN4O2. The minimum atomic E-state index is -0.167. The molecule has 2 atom stereocenters. The number of piperidine rings is 1. The smallest absolute Gasteiger partial charge is 0.275 e. The van der Waals surface area contributed by atoms with Crippen molar-refractivity contribution in [2.45, 2.75) is 45.2 Å². The van der Waals surface area contributed by atoms with Crippen LogP contribution in [0, 0.1) is 0 Å². The van der Waals surface area contributed by atoms with Gasteiger partial charge >= 0.3 is 0 Å². The van der Waals surface area contributed by atoms with E-state index in [-0.39, 0.29) is 24.4 Å². The fourth-order valence-electron chi connectivity index (χ4n) is 3.06. The molecule has 1 aliphatic heterocycles. The lowest BCUT2D eigenvalue weighted by atomic mass is 10.0. The Morgan fingerprint density at radius 3 is 2.85 bits per heavy atom. The van der Waals surface area contributed by atoms with Crippen molar-refractivity contribution in [1.29, 1.82) is 0 Å². The van der Waals surface area contributed by atoms with E-state index < -0.39 is 0 Å². The molecule has 2 unspecified atom stereocenters.